The summed E-state index contributed by atoms with van der Waals surface area (Å²) in [5.41, 5.74) is 1.40. The second kappa shape index (κ2) is 14.7. The minimum Gasteiger partial charge on any atom is -0.497 e. The maximum absolute atomic E-state index is 13.5. The summed E-state index contributed by atoms with van der Waals surface area (Å²) in [5, 5.41) is 15.1. The zero-order chi connectivity index (χ0) is 32.7. The molecule has 0 saturated carbocycles. The van der Waals surface area contributed by atoms with E-state index >= 15 is 0 Å². The van der Waals surface area contributed by atoms with E-state index in [4.69, 9.17) is 9.47 Å². The van der Waals surface area contributed by atoms with Crippen LogP contribution in [0.15, 0.2) is 66.7 Å². The van der Waals surface area contributed by atoms with Gasteiger partial charge < -0.3 is 30.1 Å². The second-order valence-corrected chi connectivity index (χ2v) is 11.4. The normalized spacial score (nSPS) is 17.8. The third-order valence-electron chi connectivity index (χ3n) is 7.75. The van der Waals surface area contributed by atoms with E-state index in [2.05, 4.69) is 15.5 Å². The van der Waals surface area contributed by atoms with Crippen molar-refractivity contribution >= 4 is 23.3 Å². The topological polar surface area (TPSA) is 103 Å². The lowest BCUT2D eigenvalue weighted by Gasteiger charge is -2.34. The molecule has 12 heteroatoms. The van der Waals surface area contributed by atoms with E-state index in [0.717, 1.165) is 23.4 Å². The molecule has 3 N–H and O–H groups in total. The fraction of sp³-hybridized carbons (Fsp3) is 0.394. The average Bonchev–Trinajstić information content (AvgIpc) is 3.04. The van der Waals surface area contributed by atoms with Gasteiger partial charge in [0.25, 0.3) is 0 Å². The maximum Gasteiger partial charge on any atom is 0.416 e. The summed E-state index contributed by atoms with van der Waals surface area (Å²) in [5.74, 6) is 1.01. The van der Waals surface area contributed by atoms with Crippen LogP contribution in [0.1, 0.15) is 30.5 Å². The molecule has 3 atom stereocenters. The third-order valence-corrected chi connectivity index (χ3v) is 7.75. The quantitative estimate of drug-likeness (QED) is 0.284. The summed E-state index contributed by atoms with van der Waals surface area (Å²) in [7, 11) is 3.62. The lowest BCUT2D eigenvalue weighted by molar-refractivity contribution is -0.137. The van der Waals surface area contributed by atoms with Gasteiger partial charge in [-0.3, -0.25) is 9.69 Å². The van der Waals surface area contributed by atoms with Gasteiger partial charge >= 0.3 is 12.2 Å². The number of nitrogens with zero attached hydrogens (tertiary/aromatic N) is 2. The Bertz CT molecular complexity index is 1450. The van der Waals surface area contributed by atoms with Gasteiger partial charge in [0, 0.05) is 42.5 Å². The van der Waals surface area contributed by atoms with Gasteiger partial charge in [0.1, 0.15) is 17.6 Å². The average molecular weight is 629 g/mol. The Hall–Kier alpha value is -4.29. The number of benzene rings is 3. The zero-order valence-corrected chi connectivity index (χ0v) is 25.7. The number of carbonyl (C=O) groups is 2. The maximum atomic E-state index is 13.5. The number of urea groups is 1. The Morgan fingerprint density at radius 2 is 1.73 bits per heavy atom. The second-order valence-electron chi connectivity index (χ2n) is 11.4. The van der Waals surface area contributed by atoms with E-state index in [-0.39, 0.29) is 36.6 Å². The number of likely N-dealkylation sites (N-methyl/N-ethyl adjacent to an activating group) is 1. The summed E-state index contributed by atoms with van der Waals surface area (Å²) in [6.07, 6.45) is -4.81. The number of hydrogen-bond acceptors (Lipinski definition) is 6. The minimum absolute atomic E-state index is 0.0170. The number of nitrogens with one attached hydrogen (secondary N) is 2. The molecular weight excluding hydrogens is 589 g/mol. The van der Waals surface area contributed by atoms with Crippen LogP contribution in [-0.4, -0.2) is 72.8 Å². The standard InChI is InChI=1S/C33H39F3N4O5/c1-21-17-40(22(2)20-41)31(42)16-24-15-27(38-32(43)37-26-9-7-25(8-10-26)33(34,35)36)11-14-29(24)45-30(21)19-39(3)18-23-5-12-28(44-4)13-6-23/h5-15,21-22,30,41H,16-20H2,1-4H3,(H2,37,38,43)/t21-,22-,30-/m1/s1. The van der Waals surface area contributed by atoms with Crippen LogP contribution in [0.4, 0.5) is 29.3 Å². The van der Waals surface area contributed by atoms with E-state index in [0.29, 0.717) is 36.6 Å². The number of aliphatic hydroxyl groups excluding tert-OH is 1. The van der Waals surface area contributed by atoms with Gasteiger partial charge in [0.15, 0.2) is 0 Å². The van der Waals surface area contributed by atoms with Crippen LogP contribution in [0.3, 0.4) is 0 Å². The Labute approximate surface area is 260 Å². The number of hydrogen-bond donors (Lipinski definition) is 3. The van der Waals surface area contributed by atoms with Crippen LogP contribution in [0.2, 0.25) is 0 Å². The molecule has 242 valence electrons. The lowest BCUT2D eigenvalue weighted by Crippen LogP contribution is -2.47. The molecular formula is C33H39F3N4O5. The third kappa shape index (κ3) is 9.11. The van der Waals surface area contributed by atoms with E-state index in [1.54, 1.807) is 37.1 Å². The summed E-state index contributed by atoms with van der Waals surface area (Å²) in [6, 6.07) is 15.9. The molecule has 3 amide bonds. The number of rotatable bonds is 9. The van der Waals surface area contributed by atoms with Crippen molar-refractivity contribution in [1.29, 1.82) is 0 Å². The molecule has 45 heavy (non-hydrogen) atoms. The SMILES string of the molecule is COc1ccc(CN(C)C[C@H]2Oc3ccc(NC(=O)Nc4ccc(C(F)(F)F)cc4)cc3CC(=O)N([C@H](C)CO)C[C@H]2C)cc1. The molecule has 1 heterocycles. The van der Waals surface area contributed by atoms with Crippen molar-refractivity contribution in [3.63, 3.8) is 0 Å². The molecule has 0 fully saturated rings. The van der Waals surface area contributed by atoms with Crippen molar-refractivity contribution < 1.29 is 37.3 Å². The first kappa shape index (κ1) is 33.6. The number of anilines is 2. The first-order valence-corrected chi connectivity index (χ1v) is 14.6. The van der Waals surface area contributed by atoms with Gasteiger partial charge in [-0.15, -0.1) is 0 Å². The van der Waals surface area contributed by atoms with Crippen molar-refractivity contribution in [3.05, 3.63) is 83.4 Å². The highest BCUT2D eigenvalue weighted by Gasteiger charge is 2.32. The zero-order valence-electron chi connectivity index (χ0n) is 25.7. The predicted octanol–water partition coefficient (Wildman–Crippen LogP) is 5.64. The van der Waals surface area contributed by atoms with Gasteiger partial charge in [-0.1, -0.05) is 19.1 Å². The molecule has 9 nitrogen and oxygen atoms in total. The number of methoxy groups -OCH3 is 1. The van der Waals surface area contributed by atoms with Crippen LogP contribution < -0.4 is 20.1 Å². The molecule has 3 aromatic carbocycles. The van der Waals surface area contributed by atoms with Gasteiger partial charge in [0.2, 0.25) is 5.91 Å². The number of ether oxygens (including phenoxy) is 2. The van der Waals surface area contributed by atoms with Crippen LogP contribution in [0.25, 0.3) is 0 Å². The number of fused-ring (bicyclic) bond motifs is 1. The van der Waals surface area contributed by atoms with Crippen LogP contribution in [0.5, 0.6) is 11.5 Å². The van der Waals surface area contributed by atoms with Gasteiger partial charge in [-0.2, -0.15) is 13.2 Å². The molecule has 0 aromatic heterocycles. The molecule has 0 aliphatic carbocycles. The summed E-state index contributed by atoms with van der Waals surface area (Å²) in [4.78, 5) is 30.0. The lowest BCUT2D eigenvalue weighted by atomic mass is 10.0. The largest absolute Gasteiger partial charge is 0.497 e. The Morgan fingerprint density at radius 1 is 1.09 bits per heavy atom. The summed E-state index contributed by atoms with van der Waals surface area (Å²) in [6.45, 7) is 5.21. The first-order chi connectivity index (χ1) is 21.4. The molecule has 0 radical (unpaired) electrons. The molecule has 0 unspecified atom stereocenters. The fourth-order valence-corrected chi connectivity index (χ4v) is 5.18. The van der Waals surface area contributed by atoms with E-state index in [1.807, 2.05) is 38.2 Å². The molecule has 3 aromatic rings. The molecule has 0 bridgehead atoms. The Kier molecular flexibility index (Phi) is 10.9. The van der Waals surface area contributed by atoms with E-state index in [1.165, 1.54) is 12.1 Å². The van der Waals surface area contributed by atoms with E-state index in [9.17, 15) is 27.9 Å². The van der Waals surface area contributed by atoms with Crippen LogP contribution in [-0.2, 0) is 23.9 Å². The highest BCUT2D eigenvalue weighted by atomic mass is 19.4. The monoisotopic (exact) mass is 628 g/mol. The van der Waals surface area contributed by atoms with Crippen molar-refractivity contribution in [1.82, 2.24) is 9.80 Å². The predicted molar refractivity (Wildman–Crippen MR) is 165 cm³/mol. The van der Waals surface area contributed by atoms with Crippen molar-refractivity contribution in [2.75, 3.05) is 44.5 Å². The minimum atomic E-state index is -4.48. The smallest absolute Gasteiger partial charge is 0.416 e. The number of aliphatic hydroxyl groups is 1. The van der Waals surface area contributed by atoms with Gasteiger partial charge in [0.05, 0.1) is 31.7 Å². The summed E-state index contributed by atoms with van der Waals surface area (Å²) < 4.78 is 50.4. The van der Waals surface area contributed by atoms with Gasteiger partial charge in [-0.05, 0) is 74.1 Å². The summed E-state index contributed by atoms with van der Waals surface area (Å²) >= 11 is 0. The van der Waals surface area contributed by atoms with Crippen molar-refractivity contribution in [2.24, 2.45) is 5.92 Å². The van der Waals surface area contributed by atoms with E-state index < -0.39 is 23.8 Å². The molecule has 1 aliphatic heterocycles. The van der Waals surface area contributed by atoms with Crippen molar-refractivity contribution in [3.8, 4) is 11.5 Å². The van der Waals surface area contributed by atoms with Crippen LogP contribution in [0, 0.1) is 5.92 Å². The number of carbonyl (C=O) groups excluding carboxylic acids is 2. The van der Waals surface area contributed by atoms with Crippen LogP contribution >= 0.6 is 0 Å². The Morgan fingerprint density at radius 3 is 2.36 bits per heavy atom. The number of amides is 3. The molecule has 0 saturated heterocycles. The number of halogens is 3. The highest BCUT2D eigenvalue weighted by Crippen LogP contribution is 2.31. The molecule has 0 spiro atoms. The molecule has 1 aliphatic rings. The fourth-order valence-electron chi connectivity index (χ4n) is 5.18. The number of alkyl halides is 3. The Balaban J connectivity index is 1.52. The molecule has 4 rings (SSSR count). The first-order valence-electron chi connectivity index (χ1n) is 14.6. The van der Waals surface area contributed by atoms with Gasteiger partial charge in [-0.25, -0.2) is 4.79 Å². The highest BCUT2D eigenvalue weighted by molar-refractivity contribution is 6.00. The van der Waals surface area contributed by atoms with Crippen molar-refractivity contribution in [2.45, 2.75) is 45.1 Å².